The molecule has 6 nitrogen and oxygen atoms in total. The first-order valence-electron chi connectivity index (χ1n) is 25.2. The molecule has 2 aliphatic heterocycles. The van der Waals surface area contributed by atoms with Crippen LogP contribution in [0.3, 0.4) is 0 Å². The first-order valence-corrected chi connectivity index (χ1v) is 25.2. The van der Waals surface area contributed by atoms with Crippen LogP contribution in [0.2, 0.25) is 0 Å². The van der Waals surface area contributed by atoms with E-state index in [4.69, 9.17) is 28.4 Å². The van der Waals surface area contributed by atoms with Crippen molar-refractivity contribution in [2.75, 3.05) is 39.6 Å². The molecule has 2 heterocycles. The molecule has 2 saturated heterocycles. The number of halogens is 6. The standard InChI is InChI=1S/C25H43F3O3.C24H41F3O3/c1-2-3-4-16-29-23-13-11-21(12-14-23)20-7-9-22(10-8-20)24-30-17-19(18-31-24)6-5-15-25(26,27)28;1-2-3-15-28-22-12-10-20(11-13-22)19-6-8-21(9-7-19)23-29-16-18(17-30-23)5-4-14-24(25,26)27/h19-24H,2-18H2,1H3;18-23H,2-17H2,1H3. The Hall–Kier alpha value is -0.660. The highest BCUT2D eigenvalue weighted by Crippen LogP contribution is 2.44. The van der Waals surface area contributed by atoms with E-state index in [1.807, 2.05) is 0 Å². The Kier molecular flexibility index (Phi) is 22.8. The maximum atomic E-state index is 12.3. The van der Waals surface area contributed by atoms with Crippen molar-refractivity contribution in [1.29, 1.82) is 0 Å². The molecular weight excluding hydrogens is 799 g/mol. The van der Waals surface area contributed by atoms with Crippen molar-refractivity contribution in [2.45, 2.75) is 224 Å². The van der Waals surface area contributed by atoms with Gasteiger partial charge in [0.25, 0.3) is 0 Å². The Labute approximate surface area is 365 Å². The Morgan fingerprint density at radius 3 is 1.03 bits per heavy atom. The summed E-state index contributed by atoms with van der Waals surface area (Å²) in [6, 6.07) is 0. The highest BCUT2D eigenvalue weighted by atomic mass is 19.4. The van der Waals surface area contributed by atoms with Gasteiger partial charge in [0.05, 0.1) is 38.6 Å². The Morgan fingerprint density at radius 1 is 0.393 bits per heavy atom. The van der Waals surface area contributed by atoms with Crippen LogP contribution in [0.4, 0.5) is 26.3 Å². The van der Waals surface area contributed by atoms with E-state index in [1.54, 1.807) is 0 Å². The van der Waals surface area contributed by atoms with E-state index in [0.29, 0.717) is 63.3 Å². The molecule has 0 amide bonds. The maximum Gasteiger partial charge on any atom is 0.389 e. The van der Waals surface area contributed by atoms with Crippen molar-refractivity contribution < 1.29 is 54.8 Å². The molecule has 0 atom stereocenters. The quantitative estimate of drug-likeness (QED) is 0.0952. The van der Waals surface area contributed by atoms with Crippen LogP contribution in [-0.2, 0) is 28.4 Å². The lowest BCUT2D eigenvalue weighted by Gasteiger charge is -2.41. The molecule has 0 radical (unpaired) electrons. The third-order valence-electron chi connectivity index (χ3n) is 15.3. The van der Waals surface area contributed by atoms with Crippen LogP contribution in [0.5, 0.6) is 0 Å². The lowest BCUT2D eigenvalue weighted by Crippen LogP contribution is -2.39. The summed E-state index contributed by atoms with van der Waals surface area (Å²) in [6.07, 6.45) is 18.4. The van der Waals surface area contributed by atoms with E-state index in [0.717, 1.165) is 62.6 Å². The molecular formula is C49H84F6O6. The fourth-order valence-corrected chi connectivity index (χ4v) is 11.4. The van der Waals surface area contributed by atoms with Gasteiger partial charge in [-0.15, -0.1) is 0 Å². The van der Waals surface area contributed by atoms with E-state index >= 15 is 0 Å². The van der Waals surface area contributed by atoms with Crippen molar-refractivity contribution in [3.8, 4) is 0 Å². The van der Waals surface area contributed by atoms with Gasteiger partial charge in [0, 0.05) is 49.7 Å². The summed E-state index contributed by atoms with van der Waals surface area (Å²) in [6.45, 7) is 8.47. The zero-order valence-electron chi connectivity index (χ0n) is 38.0. The molecule has 0 aromatic carbocycles. The summed E-state index contributed by atoms with van der Waals surface area (Å²) >= 11 is 0. The molecule has 0 spiro atoms. The molecule has 0 aromatic rings. The Bertz CT molecular complexity index is 1110. The summed E-state index contributed by atoms with van der Waals surface area (Å²) in [5.41, 5.74) is 0. The topological polar surface area (TPSA) is 55.4 Å². The highest BCUT2D eigenvalue weighted by molar-refractivity contribution is 4.86. The molecule has 0 N–H and O–H groups in total. The third kappa shape index (κ3) is 19.4. The van der Waals surface area contributed by atoms with Gasteiger partial charge >= 0.3 is 12.4 Å². The lowest BCUT2D eigenvalue weighted by molar-refractivity contribution is -0.231. The van der Waals surface area contributed by atoms with Crippen molar-refractivity contribution in [1.82, 2.24) is 0 Å². The minimum absolute atomic E-state index is 0.106. The van der Waals surface area contributed by atoms with Gasteiger partial charge in [0.15, 0.2) is 12.6 Å². The summed E-state index contributed by atoms with van der Waals surface area (Å²) < 4.78 is 110. The minimum Gasteiger partial charge on any atom is -0.378 e. The van der Waals surface area contributed by atoms with Gasteiger partial charge in [0.2, 0.25) is 0 Å². The second-order valence-corrected chi connectivity index (χ2v) is 20.0. The van der Waals surface area contributed by atoms with Crippen LogP contribution in [0.1, 0.15) is 187 Å². The number of hydrogen-bond donors (Lipinski definition) is 0. The van der Waals surface area contributed by atoms with Gasteiger partial charge in [-0.25, -0.2) is 0 Å². The SMILES string of the molecule is CCCCCOC1CCC(C2CCC(C3OCC(CCCC(F)(F)F)CO3)CC2)CC1.CCCCOC1CCC(C2CCC(C3OCC(CCCC(F)(F)F)CO3)CC2)CC1. The maximum absolute atomic E-state index is 12.3. The molecule has 4 saturated carbocycles. The van der Waals surface area contributed by atoms with E-state index in [9.17, 15) is 26.3 Å². The average Bonchev–Trinajstić information content (AvgIpc) is 3.26. The van der Waals surface area contributed by atoms with Gasteiger partial charge in [-0.3, -0.25) is 0 Å². The van der Waals surface area contributed by atoms with E-state index < -0.39 is 25.2 Å². The third-order valence-corrected chi connectivity index (χ3v) is 15.3. The van der Waals surface area contributed by atoms with Crippen molar-refractivity contribution in [3.63, 3.8) is 0 Å². The fraction of sp³-hybridized carbons (Fsp3) is 1.00. The lowest BCUT2D eigenvalue weighted by atomic mass is 9.70. The van der Waals surface area contributed by atoms with Crippen LogP contribution in [0, 0.1) is 47.3 Å². The van der Waals surface area contributed by atoms with Crippen molar-refractivity contribution in [3.05, 3.63) is 0 Å². The molecule has 6 fully saturated rings. The predicted molar refractivity (Wildman–Crippen MR) is 227 cm³/mol. The van der Waals surface area contributed by atoms with Crippen LogP contribution in [0.25, 0.3) is 0 Å². The first-order chi connectivity index (χ1) is 29.4. The van der Waals surface area contributed by atoms with Gasteiger partial charge < -0.3 is 28.4 Å². The number of hydrogen-bond acceptors (Lipinski definition) is 6. The van der Waals surface area contributed by atoms with Crippen LogP contribution in [-0.4, -0.2) is 76.8 Å². The van der Waals surface area contributed by atoms with Gasteiger partial charge in [-0.05, 0) is 165 Å². The zero-order valence-corrected chi connectivity index (χ0v) is 38.0. The molecule has 0 bridgehead atoms. The number of alkyl halides is 6. The highest BCUT2D eigenvalue weighted by Gasteiger charge is 2.38. The summed E-state index contributed by atoms with van der Waals surface area (Å²) in [5.74, 6) is 4.47. The smallest absolute Gasteiger partial charge is 0.378 e. The average molecular weight is 883 g/mol. The molecule has 61 heavy (non-hydrogen) atoms. The molecule has 12 heteroatoms. The van der Waals surface area contributed by atoms with Crippen LogP contribution >= 0.6 is 0 Å². The Balaban J connectivity index is 0.000000231. The minimum atomic E-state index is -4.06. The van der Waals surface area contributed by atoms with Crippen molar-refractivity contribution in [2.24, 2.45) is 47.3 Å². The number of ether oxygens (including phenoxy) is 6. The largest absolute Gasteiger partial charge is 0.389 e. The molecule has 0 unspecified atom stereocenters. The molecule has 6 rings (SSSR count). The van der Waals surface area contributed by atoms with Gasteiger partial charge in [-0.2, -0.15) is 26.3 Å². The van der Waals surface area contributed by atoms with E-state index in [1.165, 1.54) is 109 Å². The zero-order chi connectivity index (χ0) is 43.5. The normalized spacial score (nSPS) is 35.6. The summed E-state index contributed by atoms with van der Waals surface area (Å²) in [7, 11) is 0. The summed E-state index contributed by atoms with van der Waals surface area (Å²) in [4.78, 5) is 0. The predicted octanol–water partition coefficient (Wildman–Crippen LogP) is 14.2. The second-order valence-electron chi connectivity index (χ2n) is 20.0. The van der Waals surface area contributed by atoms with E-state index in [-0.39, 0.29) is 37.3 Å². The molecule has 0 aromatic heterocycles. The van der Waals surface area contributed by atoms with Crippen LogP contribution in [0.15, 0.2) is 0 Å². The van der Waals surface area contributed by atoms with Crippen LogP contribution < -0.4 is 0 Å². The summed E-state index contributed by atoms with van der Waals surface area (Å²) in [5, 5.41) is 0. The van der Waals surface area contributed by atoms with Gasteiger partial charge in [0.1, 0.15) is 0 Å². The molecule has 6 aliphatic rings. The Morgan fingerprint density at radius 2 is 0.705 bits per heavy atom. The number of unbranched alkanes of at least 4 members (excludes halogenated alkanes) is 3. The molecule has 4 aliphatic carbocycles. The monoisotopic (exact) mass is 883 g/mol. The van der Waals surface area contributed by atoms with Gasteiger partial charge in [-0.1, -0.05) is 33.1 Å². The first kappa shape index (κ1) is 51.3. The molecule has 358 valence electrons. The second kappa shape index (κ2) is 27.1. The van der Waals surface area contributed by atoms with Crippen molar-refractivity contribution >= 4 is 0 Å². The van der Waals surface area contributed by atoms with E-state index in [2.05, 4.69) is 13.8 Å². The number of rotatable bonds is 19. The fourth-order valence-electron chi connectivity index (χ4n) is 11.4.